The molecule has 1 atom stereocenters. The molecular weight excluding hydrogens is 654 g/mol. The van der Waals surface area contributed by atoms with E-state index >= 15 is 8.78 Å². The molecule has 6 rings (SSSR count). The van der Waals surface area contributed by atoms with Crippen molar-refractivity contribution in [2.75, 3.05) is 44.4 Å². The summed E-state index contributed by atoms with van der Waals surface area (Å²) in [5.74, 6) is -4.64. The van der Waals surface area contributed by atoms with Crippen molar-refractivity contribution in [2.45, 2.75) is 24.6 Å². The molecule has 1 unspecified atom stereocenters. The third kappa shape index (κ3) is 7.21. The molecule has 252 valence electrons. The summed E-state index contributed by atoms with van der Waals surface area (Å²) in [6, 6.07) is 8.54. The van der Waals surface area contributed by atoms with E-state index in [2.05, 4.69) is 20.6 Å². The number of hydrogen-bond donors (Lipinski definition) is 2. The fourth-order valence-electron chi connectivity index (χ4n) is 5.58. The molecule has 0 saturated carbocycles. The van der Waals surface area contributed by atoms with Gasteiger partial charge in [0.05, 0.1) is 30.5 Å². The van der Waals surface area contributed by atoms with Crippen LogP contribution in [0.4, 0.5) is 28.0 Å². The Morgan fingerprint density at radius 2 is 1.71 bits per heavy atom. The molecular formula is C33H31F4N5O5S. The van der Waals surface area contributed by atoms with Gasteiger partial charge in [0.2, 0.25) is 0 Å². The Morgan fingerprint density at radius 1 is 0.979 bits per heavy atom. The van der Waals surface area contributed by atoms with Crippen LogP contribution in [0, 0.1) is 23.3 Å². The van der Waals surface area contributed by atoms with Crippen LogP contribution in [0.2, 0.25) is 0 Å². The normalized spacial score (nSPS) is 16.4. The average molecular weight is 686 g/mol. The van der Waals surface area contributed by atoms with E-state index in [0.29, 0.717) is 29.0 Å². The molecule has 2 saturated heterocycles. The lowest BCUT2D eigenvalue weighted by atomic mass is 10.1. The maximum Gasteiger partial charge on any atom is 0.338 e. The Bertz CT molecular complexity index is 1800. The highest BCUT2D eigenvalue weighted by atomic mass is 32.2. The number of hydrazine groups is 1. The summed E-state index contributed by atoms with van der Waals surface area (Å²) in [5, 5.41) is 2.22. The summed E-state index contributed by atoms with van der Waals surface area (Å²) in [4.78, 5) is 31.9. The quantitative estimate of drug-likeness (QED) is 0.132. The smallest absolute Gasteiger partial charge is 0.338 e. The van der Waals surface area contributed by atoms with Crippen LogP contribution in [0.1, 0.15) is 30.2 Å². The molecule has 0 radical (unpaired) electrons. The van der Waals surface area contributed by atoms with Gasteiger partial charge in [-0.15, -0.1) is 11.8 Å². The standard InChI is InChI=1S/C33H31F4N5O5S/c1-45-27-16-20-25(17-28(27)46-13-5-12-41-10-2-3-11-41)38-9-8-26(20)47-31-23(36)14-19(15-24(31)37)39-33(44)40-42-29(43)18-48-32(42)30-21(34)6-4-7-22(30)35/h4,6-9,14-17,32H,2-3,5,10-13,18H2,1H3,(H2,39,40,44). The lowest BCUT2D eigenvalue weighted by Crippen LogP contribution is -2.46. The van der Waals surface area contributed by atoms with E-state index in [1.807, 2.05) is 0 Å². The number of hydrogen-bond acceptors (Lipinski definition) is 8. The molecule has 3 aromatic carbocycles. The molecule has 2 aliphatic rings. The van der Waals surface area contributed by atoms with E-state index in [1.54, 1.807) is 12.1 Å². The summed E-state index contributed by atoms with van der Waals surface area (Å²) in [6.07, 6.45) is 4.70. The average Bonchev–Trinajstić information content (AvgIpc) is 3.70. The molecule has 10 nitrogen and oxygen atoms in total. The molecule has 0 bridgehead atoms. The van der Waals surface area contributed by atoms with E-state index in [0.717, 1.165) is 67.1 Å². The molecule has 3 amide bonds. The number of urea groups is 1. The SMILES string of the molecule is COc1cc2c(Oc3c(F)cc(NC(=O)NN4C(=O)CSC4c4c(F)cccc4F)cc3F)ccnc2cc1OCCCN1CCCC1. The number of halogens is 4. The molecule has 0 spiro atoms. The maximum atomic E-state index is 15.2. The summed E-state index contributed by atoms with van der Waals surface area (Å²) in [6.45, 7) is 3.62. The first-order chi connectivity index (χ1) is 23.2. The van der Waals surface area contributed by atoms with Crippen molar-refractivity contribution in [3.05, 3.63) is 83.6 Å². The van der Waals surface area contributed by atoms with Crippen LogP contribution in [-0.2, 0) is 4.79 Å². The number of rotatable bonds is 11. The Labute approximate surface area is 277 Å². The van der Waals surface area contributed by atoms with Gasteiger partial charge in [0.15, 0.2) is 28.9 Å². The summed E-state index contributed by atoms with van der Waals surface area (Å²) in [7, 11) is 1.48. The highest BCUT2D eigenvalue weighted by Crippen LogP contribution is 2.41. The van der Waals surface area contributed by atoms with Crippen LogP contribution in [-0.4, -0.2) is 65.9 Å². The van der Waals surface area contributed by atoms with Gasteiger partial charge in [-0.05, 0) is 56.6 Å². The molecule has 0 aliphatic carbocycles. The van der Waals surface area contributed by atoms with Gasteiger partial charge in [-0.1, -0.05) is 6.07 Å². The number of benzene rings is 3. The first-order valence-corrected chi connectivity index (χ1v) is 16.2. The number of anilines is 1. The number of nitrogens with zero attached hydrogens (tertiary/aromatic N) is 3. The van der Waals surface area contributed by atoms with Gasteiger partial charge in [0.1, 0.15) is 22.8 Å². The highest BCUT2D eigenvalue weighted by Gasteiger charge is 2.37. The van der Waals surface area contributed by atoms with Crippen LogP contribution >= 0.6 is 11.8 Å². The second-order valence-corrected chi connectivity index (χ2v) is 12.1. The zero-order valence-electron chi connectivity index (χ0n) is 25.7. The molecule has 15 heteroatoms. The van der Waals surface area contributed by atoms with E-state index in [9.17, 15) is 18.4 Å². The number of ether oxygens (including phenoxy) is 3. The van der Waals surface area contributed by atoms with Crippen molar-refractivity contribution >= 4 is 40.3 Å². The van der Waals surface area contributed by atoms with Crippen LogP contribution < -0.4 is 25.0 Å². The van der Waals surface area contributed by atoms with Gasteiger partial charge >= 0.3 is 6.03 Å². The number of nitrogens with one attached hydrogen (secondary N) is 2. The number of carbonyl (C=O) groups is 2. The number of carbonyl (C=O) groups excluding carboxylic acids is 2. The highest BCUT2D eigenvalue weighted by molar-refractivity contribution is 8.00. The Hall–Kier alpha value is -4.76. The third-order valence-electron chi connectivity index (χ3n) is 7.87. The predicted molar refractivity (Wildman–Crippen MR) is 171 cm³/mol. The second kappa shape index (κ2) is 14.6. The summed E-state index contributed by atoms with van der Waals surface area (Å²) >= 11 is 0.905. The minimum Gasteiger partial charge on any atom is -0.493 e. The molecule has 2 aliphatic heterocycles. The van der Waals surface area contributed by atoms with Crippen LogP contribution in [0.5, 0.6) is 23.0 Å². The molecule has 2 fully saturated rings. The van der Waals surface area contributed by atoms with Gasteiger partial charge in [0, 0.05) is 42.0 Å². The van der Waals surface area contributed by atoms with Gasteiger partial charge < -0.3 is 24.4 Å². The minimum absolute atomic E-state index is 0.0894. The minimum atomic E-state index is -1.19. The fraction of sp³-hybridized carbons (Fsp3) is 0.303. The maximum absolute atomic E-state index is 15.2. The number of methoxy groups -OCH3 is 1. The molecule has 4 aromatic rings. The number of thioether (sulfide) groups is 1. The molecule has 1 aromatic heterocycles. The monoisotopic (exact) mass is 685 g/mol. The van der Waals surface area contributed by atoms with Gasteiger partial charge in [-0.3, -0.25) is 9.78 Å². The summed E-state index contributed by atoms with van der Waals surface area (Å²) < 4.78 is 76.4. The molecule has 2 N–H and O–H groups in total. The number of aromatic nitrogens is 1. The predicted octanol–water partition coefficient (Wildman–Crippen LogP) is 6.77. The Balaban J connectivity index is 1.14. The van der Waals surface area contributed by atoms with Crippen molar-refractivity contribution in [2.24, 2.45) is 0 Å². The zero-order chi connectivity index (χ0) is 33.8. The van der Waals surface area contributed by atoms with E-state index in [1.165, 1.54) is 38.3 Å². The fourth-order valence-corrected chi connectivity index (χ4v) is 6.73. The van der Waals surface area contributed by atoms with Gasteiger partial charge in [0.25, 0.3) is 5.91 Å². The second-order valence-electron chi connectivity index (χ2n) is 11.1. The first kappa shape index (κ1) is 33.2. The largest absolute Gasteiger partial charge is 0.493 e. The van der Waals surface area contributed by atoms with Crippen LogP contribution in [0.15, 0.2) is 54.7 Å². The third-order valence-corrected chi connectivity index (χ3v) is 9.04. The van der Waals surface area contributed by atoms with E-state index in [-0.39, 0.29) is 17.2 Å². The molecule has 48 heavy (non-hydrogen) atoms. The van der Waals surface area contributed by atoms with Crippen molar-refractivity contribution in [1.82, 2.24) is 20.3 Å². The number of amides is 3. The van der Waals surface area contributed by atoms with Crippen LogP contribution in [0.25, 0.3) is 10.9 Å². The topological polar surface area (TPSA) is 105 Å². The molecule has 3 heterocycles. The van der Waals surface area contributed by atoms with Crippen molar-refractivity contribution in [3.8, 4) is 23.0 Å². The van der Waals surface area contributed by atoms with Gasteiger partial charge in [-0.25, -0.2) is 32.8 Å². The number of pyridine rings is 1. The first-order valence-electron chi connectivity index (χ1n) is 15.2. The lowest BCUT2D eigenvalue weighted by molar-refractivity contribution is -0.130. The van der Waals surface area contributed by atoms with Crippen molar-refractivity contribution in [3.63, 3.8) is 0 Å². The number of fused-ring (bicyclic) bond motifs is 1. The van der Waals surface area contributed by atoms with E-state index < -0.39 is 51.9 Å². The Kier molecular flexibility index (Phi) is 10.1. The summed E-state index contributed by atoms with van der Waals surface area (Å²) in [5.41, 5.74) is 1.93. The van der Waals surface area contributed by atoms with Crippen molar-refractivity contribution in [1.29, 1.82) is 0 Å². The van der Waals surface area contributed by atoms with Crippen LogP contribution in [0.3, 0.4) is 0 Å². The van der Waals surface area contributed by atoms with Gasteiger partial charge in [-0.2, -0.15) is 0 Å². The zero-order valence-corrected chi connectivity index (χ0v) is 26.5. The lowest BCUT2D eigenvalue weighted by Gasteiger charge is -2.25. The number of likely N-dealkylation sites (tertiary alicyclic amines) is 1. The van der Waals surface area contributed by atoms with E-state index in [4.69, 9.17) is 14.2 Å². The van der Waals surface area contributed by atoms with Crippen molar-refractivity contribution < 1.29 is 41.4 Å². The Morgan fingerprint density at radius 3 is 2.42 bits per heavy atom.